The fourth-order valence-electron chi connectivity index (χ4n) is 2.49. The molecule has 32 heavy (non-hydrogen) atoms. The molecule has 0 heterocycles. The van der Waals surface area contributed by atoms with Crippen molar-refractivity contribution in [1.82, 2.24) is 16.0 Å². The van der Waals surface area contributed by atoms with Crippen LogP contribution in [-0.2, 0) is 28.8 Å². The van der Waals surface area contributed by atoms with E-state index < -0.39 is 79.1 Å². The Labute approximate surface area is 183 Å². The zero-order chi connectivity index (χ0) is 24.8. The summed E-state index contributed by atoms with van der Waals surface area (Å²) in [5.74, 6) is -6.17. The van der Waals surface area contributed by atoms with Crippen LogP contribution >= 0.6 is 0 Å². The molecule has 0 radical (unpaired) electrons. The van der Waals surface area contributed by atoms with E-state index in [0.29, 0.717) is 19.4 Å². The molecule has 0 fully saturated rings. The van der Waals surface area contributed by atoms with Crippen LogP contribution in [0.4, 0.5) is 0 Å². The van der Waals surface area contributed by atoms with Gasteiger partial charge in [-0.2, -0.15) is 0 Å². The number of carboxylic acids is 1. The van der Waals surface area contributed by atoms with Gasteiger partial charge in [0.15, 0.2) is 0 Å². The number of carbonyl (C=O) groups excluding carboxylic acids is 5. The quantitative estimate of drug-likeness (QED) is 0.0983. The first-order chi connectivity index (χ1) is 14.9. The van der Waals surface area contributed by atoms with E-state index in [1.807, 2.05) is 5.32 Å². The molecule has 0 aromatic rings. The van der Waals surface area contributed by atoms with Gasteiger partial charge in [0.05, 0.1) is 25.5 Å². The maximum Gasteiger partial charge on any atom is 0.328 e. The second kappa shape index (κ2) is 14.7. The molecule has 182 valence electrons. The number of hydrogen-bond donors (Lipinski definition) is 9. The fraction of sp³-hybridized carbons (Fsp3) is 0.647. The third-order valence-electron chi connectivity index (χ3n) is 4.17. The van der Waals surface area contributed by atoms with Crippen molar-refractivity contribution in [3.63, 3.8) is 0 Å². The third-order valence-corrected chi connectivity index (χ3v) is 4.17. The third kappa shape index (κ3) is 11.2. The van der Waals surface area contributed by atoms with Gasteiger partial charge in [-0.05, 0) is 25.8 Å². The van der Waals surface area contributed by atoms with Crippen molar-refractivity contribution in [2.75, 3.05) is 13.2 Å². The number of nitrogens with two attached hydrogens (primary N) is 4. The molecule has 0 saturated carbocycles. The van der Waals surface area contributed by atoms with E-state index in [9.17, 15) is 28.8 Å². The summed E-state index contributed by atoms with van der Waals surface area (Å²) in [5.41, 5.74) is 21.1. The van der Waals surface area contributed by atoms with E-state index in [0.717, 1.165) is 0 Å². The average Bonchev–Trinajstić information content (AvgIpc) is 2.69. The smallest absolute Gasteiger partial charge is 0.328 e. The van der Waals surface area contributed by atoms with Crippen LogP contribution in [0.15, 0.2) is 0 Å². The molecule has 13 N–H and O–H groups in total. The van der Waals surface area contributed by atoms with Crippen LogP contribution in [-0.4, -0.2) is 83.0 Å². The lowest BCUT2D eigenvalue weighted by Crippen LogP contribution is -2.58. The Kier molecular flexibility index (Phi) is 13.1. The van der Waals surface area contributed by atoms with Crippen molar-refractivity contribution in [3.05, 3.63) is 0 Å². The number of aliphatic hydroxyl groups is 1. The van der Waals surface area contributed by atoms with Gasteiger partial charge in [0.1, 0.15) is 18.1 Å². The predicted molar refractivity (Wildman–Crippen MR) is 109 cm³/mol. The summed E-state index contributed by atoms with van der Waals surface area (Å²) in [6.07, 6.45) is -0.155. The highest BCUT2D eigenvalue weighted by molar-refractivity contribution is 5.96. The lowest BCUT2D eigenvalue weighted by atomic mass is 10.1. The summed E-state index contributed by atoms with van der Waals surface area (Å²) in [5, 5.41) is 24.5. The molecule has 0 spiro atoms. The zero-order valence-electron chi connectivity index (χ0n) is 17.4. The molecular formula is C17H31N7O8. The van der Waals surface area contributed by atoms with Gasteiger partial charge in [0.2, 0.25) is 29.5 Å². The SMILES string of the molecule is NCCCCC(NC(=O)C(N)CC(N)=O)C(=O)NC(CC(N)=O)C(=O)NC(CO)C(=O)O. The van der Waals surface area contributed by atoms with Crippen molar-refractivity contribution >= 4 is 35.5 Å². The molecule has 15 nitrogen and oxygen atoms in total. The summed E-state index contributed by atoms with van der Waals surface area (Å²) >= 11 is 0. The second-order valence-electron chi connectivity index (χ2n) is 6.94. The minimum atomic E-state index is -1.68. The first-order valence-electron chi connectivity index (χ1n) is 9.69. The Morgan fingerprint density at radius 3 is 1.72 bits per heavy atom. The van der Waals surface area contributed by atoms with Gasteiger partial charge < -0.3 is 49.1 Å². The number of rotatable bonds is 16. The summed E-state index contributed by atoms with van der Waals surface area (Å²) in [4.78, 5) is 70.5. The minimum Gasteiger partial charge on any atom is -0.480 e. The van der Waals surface area contributed by atoms with Crippen LogP contribution < -0.4 is 38.9 Å². The first kappa shape index (κ1) is 28.7. The van der Waals surface area contributed by atoms with Gasteiger partial charge in [0.25, 0.3) is 0 Å². The second-order valence-corrected chi connectivity index (χ2v) is 6.94. The molecule has 4 atom stereocenters. The number of nitrogens with one attached hydrogen (secondary N) is 3. The molecule has 0 aromatic carbocycles. The molecule has 0 rings (SSSR count). The Hall–Kier alpha value is -3.30. The molecule has 0 aliphatic heterocycles. The molecule has 5 amide bonds. The van der Waals surface area contributed by atoms with Gasteiger partial charge in [-0.25, -0.2) is 4.79 Å². The van der Waals surface area contributed by atoms with Crippen LogP contribution in [0.1, 0.15) is 32.1 Å². The van der Waals surface area contributed by atoms with Crippen LogP contribution in [0.5, 0.6) is 0 Å². The Morgan fingerprint density at radius 1 is 0.750 bits per heavy atom. The lowest BCUT2D eigenvalue weighted by molar-refractivity contribution is -0.143. The maximum atomic E-state index is 12.7. The summed E-state index contributed by atoms with van der Waals surface area (Å²) in [6.45, 7) is -0.623. The molecule has 0 bridgehead atoms. The standard InChI is InChI=1S/C17H31N7O8/c18-4-2-1-3-9(22-14(28)8(19)5-12(20)26)15(29)23-10(6-13(21)27)16(30)24-11(7-25)17(31)32/h8-11,25H,1-7,18-19H2,(H2,20,26)(H2,21,27)(H,22,28)(H,23,29)(H,24,30)(H,31,32). The zero-order valence-corrected chi connectivity index (χ0v) is 17.4. The van der Waals surface area contributed by atoms with E-state index >= 15 is 0 Å². The van der Waals surface area contributed by atoms with Crippen molar-refractivity contribution in [2.45, 2.75) is 56.3 Å². The van der Waals surface area contributed by atoms with Gasteiger partial charge in [-0.3, -0.25) is 24.0 Å². The Bertz CT molecular complexity index is 702. The number of amides is 5. The topological polar surface area (TPSA) is 283 Å². The number of aliphatic carboxylic acids is 1. The predicted octanol–water partition coefficient (Wildman–Crippen LogP) is -5.28. The van der Waals surface area contributed by atoms with Crippen LogP contribution in [0, 0.1) is 0 Å². The maximum absolute atomic E-state index is 12.7. The Balaban J connectivity index is 5.44. The van der Waals surface area contributed by atoms with E-state index in [1.54, 1.807) is 0 Å². The van der Waals surface area contributed by atoms with Crippen molar-refractivity contribution in [1.29, 1.82) is 0 Å². The van der Waals surface area contributed by atoms with E-state index in [2.05, 4.69) is 10.6 Å². The summed E-state index contributed by atoms with van der Waals surface area (Å²) in [6, 6.07) is -5.80. The normalized spacial score (nSPS) is 14.3. The van der Waals surface area contributed by atoms with E-state index in [4.69, 9.17) is 33.1 Å². The van der Waals surface area contributed by atoms with E-state index in [1.165, 1.54) is 0 Å². The van der Waals surface area contributed by atoms with Crippen LogP contribution in [0.3, 0.4) is 0 Å². The molecule has 0 aliphatic carbocycles. The van der Waals surface area contributed by atoms with Crippen molar-refractivity contribution < 1.29 is 39.0 Å². The number of primary amides is 2. The largest absolute Gasteiger partial charge is 0.480 e. The minimum absolute atomic E-state index is 0.0807. The van der Waals surface area contributed by atoms with Gasteiger partial charge in [-0.1, -0.05) is 0 Å². The lowest BCUT2D eigenvalue weighted by Gasteiger charge is -2.24. The number of carboxylic acid groups (broad SMARTS) is 1. The van der Waals surface area contributed by atoms with Gasteiger partial charge in [0, 0.05) is 0 Å². The Morgan fingerprint density at radius 2 is 1.25 bits per heavy atom. The average molecular weight is 461 g/mol. The molecule has 0 aromatic heterocycles. The molecular weight excluding hydrogens is 430 g/mol. The number of unbranched alkanes of at least 4 members (excludes halogenated alkanes) is 1. The number of hydrogen-bond acceptors (Lipinski definition) is 9. The number of carbonyl (C=O) groups is 6. The van der Waals surface area contributed by atoms with Gasteiger partial charge >= 0.3 is 5.97 Å². The molecule has 0 saturated heterocycles. The first-order valence-corrected chi connectivity index (χ1v) is 9.69. The highest BCUT2D eigenvalue weighted by atomic mass is 16.4. The number of aliphatic hydroxyl groups excluding tert-OH is 1. The van der Waals surface area contributed by atoms with Crippen molar-refractivity contribution in [2.24, 2.45) is 22.9 Å². The summed E-state index contributed by atoms with van der Waals surface area (Å²) < 4.78 is 0. The molecule has 15 heteroatoms. The highest BCUT2D eigenvalue weighted by Crippen LogP contribution is 2.04. The molecule has 4 unspecified atom stereocenters. The van der Waals surface area contributed by atoms with Crippen LogP contribution in [0.25, 0.3) is 0 Å². The summed E-state index contributed by atoms with van der Waals surface area (Å²) in [7, 11) is 0. The van der Waals surface area contributed by atoms with E-state index in [-0.39, 0.29) is 6.42 Å². The van der Waals surface area contributed by atoms with Gasteiger partial charge in [-0.15, -0.1) is 0 Å². The fourth-order valence-corrected chi connectivity index (χ4v) is 2.49. The molecule has 0 aliphatic rings. The van der Waals surface area contributed by atoms with Crippen LogP contribution in [0.2, 0.25) is 0 Å². The monoisotopic (exact) mass is 461 g/mol. The van der Waals surface area contributed by atoms with Crippen molar-refractivity contribution in [3.8, 4) is 0 Å². The highest BCUT2D eigenvalue weighted by Gasteiger charge is 2.31.